The van der Waals surface area contributed by atoms with Crippen LogP contribution in [-0.2, 0) is 0 Å². The van der Waals surface area contributed by atoms with Crippen molar-refractivity contribution < 1.29 is 4.79 Å². The minimum absolute atomic E-state index is 0.0754. The zero-order valence-corrected chi connectivity index (χ0v) is 12.1. The summed E-state index contributed by atoms with van der Waals surface area (Å²) in [6, 6.07) is 0. The molecule has 1 saturated heterocycles. The van der Waals surface area contributed by atoms with Gasteiger partial charge in [0.25, 0.3) is 5.91 Å². The lowest BCUT2D eigenvalue weighted by Crippen LogP contribution is -2.28. The molecule has 0 unspecified atom stereocenters. The molecule has 0 bridgehead atoms. The van der Waals surface area contributed by atoms with Crippen LogP contribution in [0.4, 0.5) is 10.9 Å². The molecule has 1 aliphatic carbocycles. The van der Waals surface area contributed by atoms with Gasteiger partial charge < -0.3 is 16.0 Å². The van der Waals surface area contributed by atoms with E-state index in [2.05, 4.69) is 22.1 Å². The Bertz CT molecular complexity index is 489. The number of carbonyl (C=O) groups excluding carboxylic acids is 1. The van der Waals surface area contributed by atoms with Gasteiger partial charge in [0.2, 0.25) is 0 Å². The molecule has 2 aliphatic rings. The first-order chi connectivity index (χ1) is 9.07. The summed E-state index contributed by atoms with van der Waals surface area (Å²) in [5.74, 6) is 0.291. The second kappa shape index (κ2) is 4.67. The average molecular weight is 280 g/mol. The average Bonchev–Trinajstić information content (AvgIpc) is 2.85. The Morgan fingerprint density at radius 1 is 1.47 bits per heavy atom. The van der Waals surface area contributed by atoms with Crippen molar-refractivity contribution in [2.45, 2.75) is 32.6 Å². The normalized spacial score (nSPS) is 20.6. The summed E-state index contributed by atoms with van der Waals surface area (Å²) in [5, 5.41) is 3.87. The second-order valence-electron chi connectivity index (χ2n) is 5.90. The van der Waals surface area contributed by atoms with E-state index in [-0.39, 0.29) is 5.91 Å². The topological polar surface area (TPSA) is 71.2 Å². The molecule has 3 rings (SSSR count). The largest absolute Gasteiger partial charge is 0.382 e. The number of aromatic nitrogens is 1. The third kappa shape index (κ3) is 2.68. The predicted molar refractivity (Wildman–Crippen MR) is 77.6 cm³/mol. The highest BCUT2D eigenvalue weighted by molar-refractivity contribution is 7.18. The molecule has 5 nitrogen and oxygen atoms in total. The summed E-state index contributed by atoms with van der Waals surface area (Å²) in [7, 11) is 0. The number of rotatable bonds is 4. The van der Waals surface area contributed by atoms with E-state index in [1.807, 2.05) is 0 Å². The Labute approximate surface area is 117 Å². The molecule has 104 valence electrons. The van der Waals surface area contributed by atoms with Crippen molar-refractivity contribution in [1.29, 1.82) is 0 Å². The fraction of sp³-hybridized carbons (Fsp3) is 0.692. The lowest BCUT2D eigenvalue weighted by Gasteiger charge is -2.12. The maximum atomic E-state index is 12.1. The molecule has 0 spiro atoms. The highest BCUT2D eigenvalue weighted by Gasteiger charge is 2.37. The van der Waals surface area contributed by atoms with Crippen LogP contribution in [0.3, 0.4) is 0 Å². The Hall–Kier alpha value is -1.30. The van der Waals surface area contributed by atoms with Gasteiger partial charge in [-0.05, 0) is 31.1 Å². The smallest absolute Gasteiger partial charge is 0.265 e. The van der Waals surface area contributed by atoms with Crippen LogP contribution in [0.15, 0.2) is 0 Å². The number of amides is 1. The number of anilines is 2. The monoisotopic (exact) mass is 280 g/mol. The number of carbonyl (C=O) groups is 1. The molecule has 1 amide bonds. The summed E-state index contributed by atoms with van der Waals surface area (Å²) in [6.07, 6.45) is 4.79. The number of nitrogens with two attached hydrogens (primary N) is 1. The van der Waals surface area contributed by atoms with E-state index in [0.717, 1.165) is 24.8 Å². The Balaban J connectivity index is 1.67. The quantitative estimate of drug-likeness (QED) is 0.883. The fourth-order valence-electron chi connectivity index (χ4n) is 2.29. The zero-order valence-electron chi connectivity index (χ0n) is 11.2. The SMILES string of the molecule is CC1(CNC(=O)c2sc(N3CCCC3)nc2N)CC1. The number of hydrogen-bond donors (Lipinski definition) is 2. The van der Waals surface area contributed by atoms with Gasteiger partial charge in [0.05, 0.1) is 0 Å². The van der Waals surface area contributed by atoms with Gasteiger partial charge in [-0.1, -0.05) is 18.3 Å². The molecule has 3 N–H and O–H groups in total. The van der Waals surface area contributed by atoms with E-state index in [1.165, 1.54) is 37.0 Å². The molecule has 6 heteroatoms. The van der Waals surface area contributed by atoms with E-state index in [0.29, 0.717) is 16.1 Å². The van der Waals surface area contributed by atoms with Gasteiger partial charge in [-0.25, -0.2) is 4.98 Å². The molecule has 1 aromatic heterocycles. The van der Waals surface area contributed by atoms with Gasteiger partial charge in [-0.3, -0.25) is 4.79 Å². The van der Waals surface area contributed by atoms with E-state index in [4.69, 9.17) is 5.73 Å². The van der Waals surface area contributed by atoms with Gasteiger partial charge in [-0.2, -0.15) is 0 Å². The van der Waals surface area contributed by atoms with E-state index >= 15 is 0 Å². The van der Waals surface area contributed by atoms with E-state index in [1.54, 1.807) is 0 Å². The molecular weight excluding hydrogens is 260 g/mol. The highest BCUT2D eigenvalue weighted by Crippen LogP contribution is 2.44. The maximum absolute atomic E-state index is 12.1. The lowest BCUT2D eigenvalue weighted by molar-refractivity contribution is 0.0951. The van der Waals surface area contributed by atoms with Crippen molar-refractivity contribution in [1.82, 2.24) is 10.3 Å². The number of nitrogens with zero attached hydrogens (tertiary/aromatic N) is 2. The van der Waals surface area contributed by atoms with Gasteiger partial charge in [0, 0.05) is 19.6 Å². The van der Waals surface area contributed by atoms with Gasteiger partial charge in [0.15, 0.2) is 5.13 Å². The minimum Gasteiger partial charge on any atom is -0.382 e. The Morgan fingerprint density at radius 3 is 2.79 bits per heavy atom. The minimum atomic E-state index is -0.0754. The first kappa shape index (κ1) is 12.7. The molecule has 1 saturated carbocycles. The van der Waals surface area contributed by atoms with Crippen molar-refractivity contribution >= 4 is 28.2 Å². The first-order valence-electron chi connectivity index (χ1n) is 6.87. The van der Waals surface area contributed by atoms with Crippen molar-refractivity contribution in [3.63, 3.8) is 0 Å². The fourth-order valence-corrected chi connectivity index (χ4v) is 3.24. The number of thiazole rings is 1. The summed E-state index contributed by atoms with van der Waals surface area (Å²) in [4.78, 5) is 19.2. The van der Waals surface area contributed by atoms with Crippen molar-refractivity contribution in [2.75, 3.05) is 30.3 Å². The van der Waals surface area contributed by atoms with Crippen LogP contribution in [0.25, 0.3) is 0 Å². The van der Waals surface area contributed by atoms with E-state index in [9.17, 15) is 4.79 Å². The highest BCUT2D eigenvalue weighted by atomic mass is 32.1. The summed E-state index contributed by atoms with van der Waals surface area (Å²) < 4.78 is 0. The van der Waals surface area contributed by atoms with Crippen molar-refractivity contribution in [3.05, 3.63) is 4.88 Å². The van der Waals surface area contributed by atoms with Gasteiger partial charge >= 0.3 is 0 Å². The second-order valence-corrected chi connectivity index (χ2v) is 6.88. The Kier molecular flexibility index (Phi) is 3.12. The molecule has 2 fully saturated rings. The van der Waals surface area contributed by atoms with Crippen LogP contribution >= 0.6 is 11.3 Å². The summed E-state index contributed by atoms with van der Waals surface area (Å²) >= 11 is 1.41. The number of nitrogens with one attached hydrogen (secondary N) is 1. The molecule has 1 aromatic rings. The molecule has 0 atom stereocenters. The molecule has 0 aromatic carbocycles. The zero-order chi connectivity index (χ0) is 13.5. The van der Waals surface area contributed by atoms with E-state index < -0.39 is 0 Å². The van der Waals surface area contributed by atoms with Crippen LogP contribution in [0.1, 0.15) is 42.3 Å². The third-order valence-electron chi connectivity index (χ3n) is 4.00. The van der Waals surface area contributed by atoms with Crippen molar-refractivity contribution in [2.24, 2.45) is 5.41 Å². The molecule has 2 heterocycles. The summed E-state index contributed by atoms with van der Waals surface area (Å²) in [5.41, 5.74) is 6.19. The Morgan fingerprint density at radius 2 is 2.16 bits per heavy atom. The predicted octanol–water partition coefficient (Wildman–Crippen LogP) is 1.86. The van der Waals surface area contributed by atoms with Crippen molar-refractivity contribution in [3.8, 4) is 0 Å². The van der Waals surface area contributed by atoms with Gasteiger partial charge in [-0.15, -0.1) is 0 Å². The van der Waals surface area contributed by atoms with Crippen LogP contribution in [0.5, 0.6) is 0 Å². The molecule has 19 heavy (non-hydrogen) atoms. The number of hydrogen-bond acceptors (Lipinski definition) is 5. The maximum Gasteiger partial charge on any atom is 0.265 e. The molecule has 0 radical (unpaired) electrons. The van der Waals surface area contributed by atoms with Crippen LogP contribution in [0.2, 0.25) is 0 Å². The third-order valence-corrected chi connectivity index (χ3v) is 5.13. The van der Waals surface area contributed by atoms with Crippen LogP contribution < -0.4 is 16.0 Å². The standard InChI is InChI=1S/C13H20N4OS/c1-13(4-5-13)8-15-11(18)9-10(14)16-12(19-9)17-6-2-3-7-17/h2-8,14H2,1H3,(H,15,18). The number of nitrogen functional groups attached to an aromatic ring is 1. The molecular formula is C13H20N4OS. The van der Waals surface area contributed by atoms with Gasteiger partial charge in [0.1, 0.15) is 10.7 Å². The van der Waals surface area contributed by atoms with Crippen LogP contribution in [-0.4, -0.2) is 30.5 Å². The first-order valence-corrected chi connectivity index (χ1v) is 7.69. The summed E-state index contributed by atoms with van der Waals surface area (Å²) in [6.45, 7) is 4.97. The van der Waals surface area contributed by atoms with Crippen LogP contribution in [0, 0.1) is 5.41 Å². The molecule has 1 aliphatic heterocycles. The lowest BCUT2D eigenvalue weighted by atomic mass is 10.1.